The van der Waals surface area contributed by atoms with Crippen LogP contribution in [-0.2, 0) is 6.54 Å². The summed E-state index contributed by atoms with van der Waals surface area (Å²) in [5, 5.41) is 11.9. The van der Waals surface area contributed by atoms with Crippen molar-refractivity contribution in [3.8, 4) is 0 Å². The number of nitrogens with one attached hydrogen (secondary N) is 2. The Morgan fingerprint density at radius 2 is 2.15 bits per heavy atom. The minimum absolute atomic E-state index is 0.495. The Morgan fingerprint density at radius 3 is 2.92 bits per heavy atom. The third-order valence-electron chi connectivity index (χ3n) is 4.09. The molecule has 0 amide bonds. The largest absolute Gasteiger partial charge is 0.382 e. The van der Waals surface area contributed by atoms with Gasteiger partial charge in [0.1, 0.15) is 0 Å². The van der Waals surface area contributed by atoms with Crippen LogP contribution >= 0.6 is 11.6 Å². The fraction of sp³-hybridized carbons (Fsp3) is 0.100. The zero-order valence-electron chi connectivity index (χ0n) is 14.5. The van der Waals surface area contributed by atoms with Crippen LogP contribution in [0.15, 0.2) is 65.4 Å². The zero-order chi connectivity index (χ0) is 18.5. The number of fused-ring (bicyclic) bond motifs is 1. The standard InChI is InChI=1S/C20H20ClN5/c1-13(14-7-8-19-17(10-14)20(22)26-25-19)9-16(12-23-2)24-11-15-5-3-4-6-18(15)21/h3-10,12,24H,2,11H2,1H3,(H3,22,25,26)/b13-9+,16-12+. The lowest BCUT2D eigenvalue weighted by atomic mass is 10.0. The maximum absolute atomic E-state index is 6.21. The third kappa shape index (κ3) is 3.95. The van der Waals surface area contributed by atoms with Gasteiger partial charge in [-0.05, 0) is 54.6 Å². The second kappa shape index (κ2) is 7.89. The van der Waals surface area contributed by atoms with E-state index in [2.05, 4.69) is 27.2 Å². The smallest absolute Gasteiger partial charge is 0.153 e. The van der Waals surface area contributed by atoms with Crippen LogP contribution in [0.3, 0.4) is 0 Å². The van der Waals surface area contributed by atoms with Crippen molar-refractivity contribution in [2.75, 3.05) is 5.73 Å². The van der Waals surface area contributed by atoms with Crippen LogP contribution in [0.5, 0.6) is 0 Å². The molecule has 5 nitrogen and oxygen atoms in total. The number of nitrogen functional groups attached to an aromatic ring is 1. The van der Waals surface area contributed by atoms with E-state index >= 15 is 0 Å². The molecule has 0 aliphatic rings. The quantitative estimate of drug-likeness (QED) is 0.443. The highest BCUT2D eigenvalue weighted by molar-refractivity contribution is 6.31. The van der Waals surface area contributed by atoms with Gasteiger partial charge < -0.3 is 11.1 Å². The van der Waals surface area contributed by atoms with Crippen LogP contribution in [0, 0.1) is 0 Å². The molecule has 0 unspecified atom stereocenters. The van der Waals surface area contributed by atoms with Gasteiger partial charge >= 0.3 is 0 Å². The van der Waals surface area contributed by atoms with Crippen molar-refractivity contribution in [2.45, 2.75) is 13.5 Å². The van der Waals surface area contributed by atoms with Gasteiger partial charge in [-0.25, -0.2) is 0 Å². The van der Waals surface area contributed by atoms with Gasteiger partial charge in [-0.2, -0.15) is 5.10 Å². The maximum Gasteiger partial charge on any atom is 0.153 e. The van der Waals surface area contributed by atoms with Crippen LogP contribution in [0.25, 0.3) is 16.5 Å². The van der Waals surface area contributed by atoms with E-state index in [4.69, 9.17) is 17.3 Å². The number of hydrogen-bond donors (Lipinski definition) is 3. The first-order chi connectivity index (χ1) is 12.6. The topological polar surface area (TPSA) is 79.1 Å². The number of H-pyrrole nitrogens is 1. The monoisotopic (exact) mass is 365 g/mol. The molecule has 3 rings (SSSR count). The first-order valence-electron chi connectivity index (χ1n) is 8.14. The highest BCUT2D eigenvalue weighted by Gasteiger charge is 2.05. The Labute approximate surface area is 157 Å². The number of allylic oxidation sites excluding steroid dienone is 2. The maximum atomic E-state index is 6.21. The number of aromatic nitrogens is 2. The summed E-state index contributed by atoms with van der Waals surface area (Å²) >= 11 is 6.21. The van der Waals surface area contributed by atoms with E-state index in [0.717, 1.165) is 38.3 Å². The Hall–Kier alpha value is -3.05. The lowest BCUT2D eigenvalue weighted by Gasteiger charge is -2.10. The fourth-order valence-electron chi connectivity index (χ4n) is 2.67. The van der Waals surface area contributed by atoms with E-state index in [0.29, 0.717) is 12.4 Å². The third-order valence-corrected chi connectivity index (χ3v) is 4.46. The molecule has 132 valence electrons. The lowest BCUT2D eigenvalue weighted by Crippen LogP contribution is -2.11. The Morgan fingerprint density at radius 1 is 1.35 bits per heavy atom. The van der Waals surface area contributed by atoms with E-state index in [-0.39, 0.29) is 0 Å². The molecule has 0 bridgehead atoms. The van der Waals surface area contributed by atoms with Gasteiger partial charge in [-0.3, -0.25) is 10.1 Å². The van der Waals surface area contributed by atoms with Gasteiger partial charge in [-0.1, -0.05) is 35.9 Å². The highest BCUT2D eigenvalue weighted by Crippen LogP contribution is 2.24. The lowest BCUT2D eigenvalue weighted by molar-refractivity contribution is 0.831. The van der Waals surface area contributed by atoms with E-state index in [9.17, 15) is 0 Å². The Kier molecular flexibility index (Phi) is 5.39. The first-order valence-corrected chi connectivity index (χ1v) is 8.52. The molecular formula is C20H20ClN5. The van der Waals surface area contributed by atoms with Gasteiger partial charge in [0, 0.05) is 23.2 Å². The summed E-state index contributed by atoms with van der Waals surface area (Å²) in [6.45, 7) is 6.18. The van der Waals surface area contributed by atoms with Gasteiger partial charge in [-0.15, -0.1) is 0 Å². The van der Waals surface area contributed by atoms with E-state index in [1.807, 2.05) is 55.5 Å². The van der Waals surface area contributed by atoms with Crippen LogP contribution in [0.2, 0.25) is 5.02 Å². The summed E-state index contributed by atoms with van der Waals surface area (Å²) in [6.07, 6.45) is 3.70. The van der Waals surface area contributed by atoms with Gasteiger partial charge in [0.05, 0.1) is 11.2 Å². The van der Waals surface area contributed by atoms with Crippen LogP contribution in [0.4, 0.5) is 5.82 Å². The molecule has 0 aliphatic carbocycles. The van der Waals surface area contributed by atoms with Gasteiger partial charge in [0.2, 0.25) is 0 Å². The number of halogens is 1. The van der Waals surface area contributed by atoms with E-state index in [1.54, 1.807) is 6.20 Å². The number of benzene rings is 2. The fourth-order valence-corrected chi connectivity index (χ4v) is 2.87. The van der Waals surface area contributed by atoms with E-state index < -0.39 is 0 Å². The summed E-state index contributed by atoms with van der Waals surface area (Å²) in [7, 11) is 0. The van der Waals surface area contributed by atoms with Gasteiger partial charge in [0.25, 0.3) is 0 Å². The molecule has 4 N–H and O–H groups in total. The zero-order valence-corrected chi connectivity index (χ0v) is 15.2. The SMILES string of the molecule is C=N/C=C(\C=C(/C)c1ccc2[nH]nc(N)c2c1)NCc1ccccc1Cl. The average Bonchev–Trinajstić information content (AvgIpc) is 3.01. The number of nitrogens with two attached hydrogens (primary N) is 1. The Balaban J connectivity index is 1.82. The minimum Gasteiger partial charge on any atom is -0.382 e. The van der Waals surface area contributed by atoms with Crippen molar-refractivity contribution in [1.29, 1.82) is 0 Å². The predicted molar refractivity (Wildman–Crippen MR) is 110 cm³/mol. The van der Waals surface area contributed by atoms with Crippen molar-refractivity contribution in [2.24, 2.45) is 4.99 Å². The first kappa shape index (κ1) is 17.8. The normalized spacial score (nSPS) is 12.4. The summed E-state index contributed by atoms with van der Waals surface area (Å²) in [5.74, 6) is 0.495. The molecule has 1 aromatic heterocycles. The summed E-state index contributed by atoms with van der Waals surface area (Å²) in [4.78, 5) is 3.89. The summed E-state index contributed by atoms with van der Waals surface area (Å²) < 4.78 is 0. The molecule has 0 aliphatic heterocycles. The second-order valence-electron chi connectivity index (χ2n) is 5.91. The number of aromatic amines is 1. The molecule has 0 saturated carbocycles. The predicted octanol–water partition coefficient (Wildman–Crippen LogP) is 4.53. The molecule has 0 saturated heterocycles. The number of rotatable bonds is 6. The minimum atomic E-state index is 0.495. The molecule has 6 heteroatoms. The molecule has 0 atom stereocenters. The molecular weight excluding hydrogens is 346 g/mol. The average molecular weight is 366 g/mol. The van der Waals surface area contributed by atoms with Crippen molar-refractivity contribution in [1.82, 2.24) is 15.5 Å². The molecule has 0 fully saturated rings. The molecule has 26 heavy (non-hydrogen) atoms. The summed E-state index contributed by atoms with van der Waals surface area (Å²) in [5.41, 5.74) is 10.8. The number of anilines is 1. The molecule has 1 heterocycles. The van der Waals surface area contributed by atoms with Crippen molar-refractivity contribution in [3.63, 3.8) is 0 Å². The molecule has 3 aromatic rings. The molecule has 0 spiro atoms. The highest BCUT2D eigenvalue weighted by atomic mass is 35.5. The Bertz CT molecular complexity index is 1000. The molecule has 0 radical (unpaired) electrons. The number of nitrogens with zero attached hydrogens (tertiary/aromatic N) is 2. The molecule has 2 aromatic carbocycles. The summed E-state index contributed by atoms with van der Waals surface area (Å²) in [6, 6.07) is 13.8. The van der Waals surface area contributed by atoms with Crippen molar-refractivity contribution in [3.05, 3.63) is 76.6 Å². The number of hydrogen-bond acceptors (Lipinski definition) is 4. The van der Waals surface area contributed by atoms with Crippen molar-refractivity contribution >= 4 is 40.6 Å². The van der Waals surface area contributed by atoms with E-state index in [1.165, 1.54) is 0 Å². The van der Waals surface area contributed by atoms with Gasteiger partial charge in [0.15, 0.2) is 5.82 Å². The second-order valence-corrected chi connectivity index (χ2v) is 6.32. The van der Waals surface area contributed by atoms with Crippen molar-refractivity contribution < 1.29 is 0 Å². The van der Waals surface area contributed by atoms with Crippen LogP contribution < -0.4 is 11.1 Å². The number of aliphatic imine (C=N–C) groups is 1. The van der Waals surface area contributed by atoms with Crippen LogP contribution in [-0.4, -0.2) is 16.9 Å². The van der Waals surface area contributed by atoms with Crippen LogP contribution in [0.1, 0.15) is 18.1 Å².